The van der Waals surface area contributed by atoms with E-state index in [0.29, 0.717) is 12.8 Å². The van der Waals surface area contributed by atoms with Gasteiger partial charge in [-0.25, -0.2) is 9.18 Å². The molecule has 0 unspecified atom stereocenters. The highest BCUT2D eigenvalue weighted by Crippen LogP contribution is 2.40. The molecular formula is C21H22BrF4N5O5. The average Bonchev–Trinajstić information content (AvgIpc) is 3.02. The first-order valence-electron chi connectivity index (χ1n) is 10.9. The van der Waals surface area contributed by atoms with Crippen molar-refractivity contribution >= 4 is 44.4 Å². The Morgan fingerprint density at radius 2 is 1.83 bits per heavy atom. The summed E-state index contributed by atoms with van der Waals surface area (Å²) in [7, 11) is 0. The van der Waals surface area contributed by atoms with Gasteiger partial charge >= 0.3 is 18.3 Å². The molecule has 2 bridgehead atoms. The van der Waals surface area contributed by atoms with Crippen molar-refractivity contribution in [3.63, 3.8) is 0 Å². The van der Waals surface area contributed by atoms with Gasteiger partial charge in [0.1, 0.15) is 21.4 Å². The fourth-order valence-electron chi connectivity index (χ4n) is 4.43. The number of nitrogens with zero attached hydrogens (tertiary/aromatic N) is 5. The van der Waals surface area contributed by atoms with Crippen molar-refractivity contribution < 1.29 is 36.8 Å². The lowest BCUT2D eigenvalue weighted by atomic mass is 10.1. The van der Waals surface area contributed by atoms with Gasteiger partial charge in [-0.2, -0.15) is 23.1 Å². The maximum Gasteiger partial charge on any atom is 0.422 e. The van der Waals surface area contributed by atoms with E-state index in [1.165, 1.54) is 0 Å². The summed E-state index contributed by atoms with van der Waals surface area (Å²) in [4.78, 5) is 34.6. The number of amides is 1. The second-order valence-electron chi connectivity index (χ2n) is 9.59. The molecule has 0 aliphatic carbocycles. The van der Waals surface area contributed by atoms with E-state index in [9.17, 15) is 28.1 Å². The number of nitro groups is 1. The zero-order valence-electron chi connectivity index (χ0n) is 19.4. The molecule has 1 aromatic carbocycles. The van der Waals surface area contributed by atoms with E-state index in [4.69, 9.17) is 9.47 Å². The van der Waals surface area contributed by atoms with Crippen molar-refractivity contribution in [1.29, 1.82) is 0 Å². The van der Waals surface area contributed by atoms with Gasteiger partial charge in [-0.1, -0.05) is 0 Å². The molecule has 0 spiro atoms. The Labute approximate surface area is 210 Å². The van der Waals surface area contributed by atoms with E-state index in [-0.39, 0.29) is 36.4 Å². The molecular weight excluding hydrogens is 558 g/mol. The Hall–Kier alpha value is -2.97. The van der Waals surface area contributed by atoms with Crippen molar-refractivity contribution in [2.75, 3.05) is 24.6 Å². The second kappa shape index (κ2) is 9.16. The summed E-state index contributed by atoms with van der Waals surface area (Å²) in [5.74, 6) is -1.15. The number of aromatic nitrogens is 2. The Bertz CT molecular complexity index is 1210. The number of rotatable bonds is 4. The summed E-state index contributed by atoms with van der Waals surface area (Å²) >= 11 is 2.83. The van der Waals surface area contributed by atoms with Gasteiger partial charge in [-0.3, -0.25) is 15.0 Å². The normalized spacial score (nSPS) is 20.1. The third-order valence-corrected chi connectivity index (χ3v) is 6.51. The number of fused-ring (bicyclic) bond motifs is 3. The van der Waals surface area contributed by atoms with Crippen LogP contribution >= 0.6 is 15.9 Å². The summed E-state index contributed by atoms with van der Waals surface area (Å²) in [5, 5.41) is 11.4. The quantitative estimate of drug-likeness (QED) is 0.283. The lowest BCUT2D eigenvalue weighted by Gasteiger charge is -2.42. The summed E-state index contributed by atoms with van der Waals surface area (Å²) in [6, 6.07) is -0.277. The fourth-order valence-corrected chi connectivity index (χ4v) is 4.87. The minimum Gasteiger partial charge on any atom is -0.454 e. The zero-order valence-corrected chi connectivity index (χ0v) is 21.0. The van der Waals surface area contributed by atoms with Crippen LogP contribution in [0.5, 0.6) is 6.01 Å². The van der Waals surface area contributed by atoms with Crippen molar-refractivity contribution in [3.8, 4) is 6.01 Å². The maximum absolute atomic E-state index is 15.1. The molecule has 0 N–H and O–H groups in total. The molecule has 36 heavy (non-hydrogen) atoms. The Balaban J connectivity index is 1.76. The molecule has 10 nitrogen and oxygen atoms in total. The molecule has 0 saturated carbocycles. The van der Waals surface area contributed by atoms with Crippen LogP contribution in [0.15, 0.2) is 10.5 Å². The van der Waals surface area contributed by atoms with E-state index >= 15 is 4.39 Å². The first-order valence-corrected chi connectivity index (χ1v) is 11.7. The number of nitro benzene ring substituents is 1. The molecule has 15 heteroatoms. The van der Waals surface area contributed by atoms with Crippen LogP contribution in [-0.2, 0) is 4.74 Å². The number of piperazine rings is 1. The first kappa shape index (κ1) is 26.1. The van der Waals surface area contributed by atoms with Crippen LogP contribution < -0.4 is 9.64 Å². The molecule has 2 fully saturated rings. The van der Waals surface area contributed by atoms with Crippen molar-refractivity contribution in [2.24, 2.45) is 0 Å². The van der Waals surface area contributed by atoms with Crippen LogP contribution in [0.3, 0.4) is 0 Å². The van der Waals surface area contributed by atoms with Crippen molar-refractivity contribution in [1.82, 2.24) is 14.9 Å². The predicted molar refractivity (Wildman–Crippen MR) is 122 cm³/mol. The third kappa shape index (κ3) is 5.25. The number of carbonyl (C=O) groups excluding carboxylic acids is 1. The lowest BCUT2D eigenvalue weighted by molar-refractivity contribution is -0.385. The monoisotopic (exact) mass is 579 g/mol. The molecule has 2 aromatic rings. The van der Waals surface area contributed by atoms with Crippen molar-refractivity contribution in [2.45, 2.75) is 57.5 Å². The molecule has 2 aliphatic heterocycles. The largest absolute Gasteiger partial charge is 0.454 e. The van der Waals surface area contributed by atoms with E-state index in [1.807, 2.05) is 0 Å². The van der Waals surface area contributed by atoms with Gasteiger partial charge in [0.05, 0.1) is 22.4 Å². The minimum atomic E-state index is -4.69. The average molecular weight is 580 g/mol. The number of halogens is 5. The highest BCUT2D eigenvalue weighted by atomic mass is 79.9. The molecule has 1 amide bonds. The van der Waals surface area contributed by atoms with Gasteiger partial charge in [-0.05, 0) is 49.5 Å². The van der Waals surface area contributed by atoms with Crippen LogP contribution in [-0.4, -0.2) is 69.4 Å². The van der Waals surface area contributed by atoms with Gasteiger partial charge in [0.2, 0.25) is 0 Å². The van der Waals surface area contributed by atoms with Crippen LogP contribution in [0, 0.1) is 15.9 Å². The topological polar surface area (TPSA) is 111 Å². The predicted octanol–water partition coefficient (Wildman–Crippen LogP) is 4.97. The minimum absolute atomic E-state index is 0.0209. The fraction of sp³-hybridized carbons (Fsp3) is 0.571. The summed E-state index contributed by atoms with van der Waals surface area (Å²) in [6.45, 7) is 3.94. The molecule has 2 saturated heterocycles. The Morgan fingerprint density at radius 1 is 1.22 bits per heavy atom. The molecule has 2 atom stereocenters. The number of benzene rings is 1. The molecule has 3 heterocycles. The van der Waals surface area contributed by atoms with Gasteiger partial charge in [-0.15, -0.1) is 0 Å². The van der Waals surface area contributed by atoms with Gasteiger partial charge in [0.25, 0.3) is 5.69 Å². The van der Waals surface area contributed by atoms with Gasteiger partial charge in [0.15, 0.2) is 12.4 Å². The molecule has 1 aromatic heterocycles. The van der Waals surface area contributed by atoms with E-state index in [2.05, 4.69) is 25.9 Å². The smallest absolute Gasteiger partial charge is 0.422 e. The van der Waals surface area contributed by atoms with Gasteiger partial charge < -0.3 is 14.4 Å². The van der Waals surface area contributed by atoms with Gasteiger partial charge in [0, 0.05) is 19.2 Å². The summed E-state index contributed by atoms with van der Waals surface area (Å²) in [6.07, 6.45) is -3.89. The van der Waals surface area contributed by atoms with Crippen LogP contribution in [0.4, 0.5) is 33.9 Å². The molecule has 2 aliphatic rings. The lowest BCUT2D eigenvalue weighted by Crippen LogP contribution is -2.57. The third-order valence-electron chi connectivity index (χ3n) is 5.76. The van der Waals surface area contributed by atoms with E-state index in [1.54, 1.807) is 30.6 Å². The second-order valence-corrected chi connectivity index (χ2v) is 10.4. The number of hydrogen-bond donors (Lipinski definition) is 0. The van der Waals surface area contributed by atoms with Crippen LogP contribution in [0.25, 0.3) is 10.9 Å². The maximum atomic E-state index is 15.1. The Morgan fingerprint density at radius 3 is 2.36 bits per heavy atom. The number of ether oxygens (including phenoxy) is 2. The number of carbonyl (C=O) groups is 1. The first-order chi connectivity index (χ1) is 16.6. The summed E-state index contributed by atoms with van der Waals surface area (Å²) in [5.41, 5.74) is -1.73. The standard InChI is InChI=1S/C21H22BrF4N5O5/c1-20(2,3)36-19(32)30-10-4-5-11(30)8-29(7-10)17-12-6-13(31(33)34)14(22)15(23)16(12)27-18(28-17)35-9-21(24,25)26/h6,10-11H,4-5,7-9H2,1-3H3/t10-,11+. The highest BCUT2D eigenvalue weighted by molar-refractivity contribution is 9.10. The Kier molecular flexibility index (Phi) is 6.64. The van der Waals surface area contributed by atoms with Crippen LogP contribution in [0.1, 0.15) is 33.6 Å². The number of anilines is 1. The van der Waals surface area contributed by atoms with E-state index in [0.717, 1.165) is 6.07 Å². The zero-order chi connectivity index (χ0) is 26.6. The van der Waals surface area contributed by atoms with Crippen molar-refractivity contribution in [3.05, 3.63) is 26.5 Å². The summed E-state index contributed by atoms with van der Waals surface area (Å²) < 4.78 is 63.0. The number of alkyl halides is 3. The van der Waals surface area contributed by atoms with E-state index < -0.39 is 56.9 Å². The molecule has 0 radical (unpaired) electrons. The molecule has 196 valence electrons. The highest BCUT2D eigenvalue weighted by Gasteiger charge is 2.45. The number of hydrogen-bond acceptors (Lipinski definition) is 8. The van der Waals surface area contributed by atoms with Crippen LogP contribution in [0.2, 0.25) is 0 Å². The SMILES string of the molecule is CC(C)(C)OC(=O)N1[C@@H]2CC[C@H]1CN(c1nc(OCC(F)(F)F)nc3c(F)c(Br)c([N+](=O)[O-])cc13)C2. The molecule has 4 rings (SSSR count).